The maximum atomic E-state index is 12.7. The van der Waals surface area contributed by atoms with E-state index in [1.807, 2.05) is 0 Å². The predicted molar refractivity (Wildman–Crippen MR) is 238 cm³/mol. The zero-order valence-corrected chi connectivity index (χ0v) is 37.2. The van der Waals surface area contributed by atoms with Gasteiger partial charge in [-0.3, -0.25) is 14.4 Å². The van der Waals surface area contributed by atoms with E-state index in [1.165, 1.54) is 116 Å². The van der Waals surface area contributed by atoms with E-state index in [-0.39, 0.29) is 31.1 Å². The molecule has 0 aromatic heterocycles. The fraction of sp³-hybridized carbons (Fsp3) is 0.820. The first-order chi connectivity index (χ1) is 27.5. The van der Waals surface area contributed by atoms with Gasteiger partial charge in [0.05, 0.1) is 0 Å². The Morgan fingerprint density at radius 2 is 0.661 bits per heavy atom. The molecule has 0 rings (SSSR count). The number of carbonyl (C=O) groups is 3. The smallest absolute Gasteiger partial charge is 0.306 e. The van der Waals surface area contributed by atoms with Crippen LogP contribution in [0.25, 0.3) is 0 Å². The highest BCUT2D eigenvalue weighted by Crippen LogP contribution is 2.14. The molecular formula is C50H90O6. The predicted octanol–water partition coefficient (Wildman–Crippen LogP) is 15.4. The van der Waals surface area contributed by atoms with Gasteiger partial charge in [0.2, 0.25) is 0 Å². The van der Waals surface area contributed by atoms with E-state index in [0.717, 1.165) is 89.9 Å². The Bertz CT molecular complexity index is 953. The first kappa shape index (κ1) is 53.6. The number of rotatable bonds is 43. The van der Waals surface area contributed by atoms with Crippen LogP contribution in [-0.2, 0) is 28.6 Å². The highest BCUT2D eigenvalue weighted by molar-refractivity contribution is 5.71. The second-order valence-electron chi connectivity index (χ2n) is 16.0. The summed E-state index contributed by atoms with van der Waals surface area (Å²) in [5.41, 5.74) is 0. The molecule has 326 valence electrons. The van der Waals surface area contributed by atoms with E-state index in [1.54, 1.807) is 0 Å². The van der Waals surface area contributed by atoms with Crippen molar-refractivity contribution in [1.82, 2.24) is 0 Å². The summed E-state index contributed by atoms with van der Waals surface area (Å²) in [4.78, 5) is 37.7. The van der Waals surface area contributed by atoms with Gasteiger partial charge in [0.25, 0.3) is 0 Å². The molecule has 1 unspecified atom stereocenters. The van der Waals surface area contributed by atoms with Crippen molar-refractivity contribution >= 4 is 17.9 Å². The number of allylic oxidation sites excluding steroid dienone is 6. The number of hydrogen-bond acceptors (Lipinski definition) is 6. The van der Waals surface area contributed by atoms with Crippen molar-refractivity contribution in [1.29, 1.82) is 0 Å². The standard InChI is InChI=1S/C50H90O6/c1-4-7-10-13-16-19-22-23-24-25-26-27-29-31-34-37-40-43-49(52)55-46-47(45-54-48(51)42-39-36-33-30-21-18-15-12-9-6-3)56-50(53)44-41-38-35-32-28-20-17-14-11-8-5-2/h15-16,18-19,23-24,47H,4-14,17,20-22,25-46H2,1-3H3/b18-15-,19-16-,24-23-. The van der Waals surface area contributed by atoms with Crippen LogP contribution in [0.15, 0.2) is 36.5 Å². The molecule has 0 saturated heterocycles. The minimum atomic E-state index is -0.774. The Hall–Kier alpha value is -2.37. The lowest BCUT2D eigenvalue weighted by molar-refractivity contribution is -0.167. The Kier molecular flexibility index (Phi) is 43.4. The van der Waals surface area contributed by atoms with E-state index >= 15 is 0 Å². The second-order valence-corrected chi connectivity index (χ2v) is 16.0. The summed E-state index contributed by atoms with van der Waals surface area (Å²) in [6, 6.07) is 0. The Labute approximate surface area is 346 Å². The van der Waals surface area contributed by atoms with Gasteiger partial charge in [0, 0.05) is 19.3 Å². The van der Waals surface area contributed by atoms with Gasteiger partial charge in [-0.05, 0) is 70.6 Å². The number of ether oxygens (including phenoxy) is 3. The van der Waals surface area contributed by atoms with Crippen molar-refractivity contribution in [3.05, 3.63) is 36.5 Å². The third kappa shape index (κ3) is 42.8. The zero-order chi connectivity index (χ0) is 40.8. The van der Waals surface area contributed by atoms with E-state index in [2.05, 4.69) is 57.2 Å². The first-order valence-corrected chi connectivity index (χ1v) is 24.0. The molecule has 0 bridgehead atoms. The molecule has 56 heavy (non-hydrogen) atoms. The average molecular weight is 787 g/mol. The molecule has 6 nitrogen and oxygen atoms in total. The number of hydrogen-bond donors (Lipinski definition) is 0. The maximum Gasteiger partial charge on any atom is 0.306 e. The molecule has 0 aliphatic heterocycles. The van der Waals surface area contributed by atoms with Crippen molar-refractivity contribution < 1.29 is 28.6 Å². The summed E-state index contributed by atoms with van der Waals surface area (Å²) >= 11 is 0. The first-order valence-electron chi connectivity index (χ1n) is 24.0. The van der Waals surface area contributed by atoms with Gasteiger partial charge in [-0.2, -0.15) is 0 Å². The minimum absolute atomic E-state index is 0.0778. The SMILES string of the molecule is CCCC/C=C\CCCCCCC(=O)OCC(COC(=O)CCCCCCCCC/C=C\C/C=C\CCCCC)OC(=O)CCCCCCCCCCCCC. The highest BCUT2D eigenvalue weighted by atomic mass is 16.6. The molecule has 0 aliphatic rings. The zero-order valence-electron chi connectivity index (χ0n) is 37.2. The molecule has 0 fully saturated rings. The van der Waals surface area contributed by atoms with Crippen molar-refractivity contribution in [3.63, 3.8) is 0 Å². The summed E-state index contributed by atoms with van der Waals surface area (Å²) < 4.78 is 16.7. The van der Waals surface area contributed by atoms with E-state index in [9.17, 15) is 14.4 Å². The summed E-state index contributed by atoms with van der Waals surface area (Å²) in [6.45, 7) is 6.55. The normalized spacial score (nSPS) is 12.3. The van der Waals surface area contributed by atoms with Crippen molar-refractivity contribution in [2.24, 2.45) is 0 Å². The molecule has 0 aromatic carbocycles. The third-order valence-electron chi connectivity index (χ3n) is 10.4. The van der Waals surface area contributed by atoms with Gasteiger partial charge >= 0.3 is 17.9 Å². The van der Waals surface area contributed by atoms with Gasteiger partial charge in [-0.1, -0.05) is 192 Å². The van der Waals surface area contributed by atoms with Gasteiger partial charge in [-0.15, -0.1) is 0 Å². The summed E-state index contributed by atoms with van der Waals surface area (Å²) in [5, 5.41) is 0. The molecule has 6 heteroatoms. The summed E-state index contributed by atoms with van der Waals surface area (Å²) in [6.07, 6.45) is 51.2. The van der Waals surface area contributed by atoms with Crippen LogP contribution in [0.2, 0.25) is 0 Å². The molecule has 0 radical (unpaired) electrons. The van der Waals surface area contributed by atoms with Crippen LogP contribution in [0.4, 0.5) is 0 Å². The van der Waals surface area contributed by atoms with Crippen molar-refractivity contribution in [2.45, 2.75) is 252 Å². The maximum absolute atomic E-state index is 12.7. The van der Waals surface area contributed by atoms with E-state index in [4.69, 9.17) is 14.2 Å². The van der Waals surface area contributed by atoms with Crippen LogP contribution in [0.3, 0.4) is 0 Å². The molecule has 0 amide bonds. The molecule has 0 aliphatic carbocycles. The fourth-order valence-electron chi connectivity index (χ4n) is 6.69. The molecule has 0 aromatic rings. The number of unbranched alkanes of at least 4 members (excludes halogenated alkanes) is 26. The van der Waals surface area contributed by atoms with Crippen molar-refractivity contribution in [3.8, 4) is 0 Å². The lowest BCUT2D eigenvalue weighted by Crippen LogP contribution is -2.30. The topological polar surface area (TPSA) is 78.9 Å². The molecule has 0 heterocycles. The van der Waals surface area contributed by atoms with Crippen LogP contribution in [0.1, 0.15) is 245 Å². The summed E-state index contributed by atoms with van der Waals surface area (Å²) in [5.74, 6) is -0.895. The quantitative estimate of drug-likeness (QED) is 0.0265. The van der Waals surface area contributed by atoms with Gasteiger partial charge < -0.3 is 14.2 Å². The van der Waals surface area contributed by atoms with Crippen LogP contribution in [0, 0.1) is 0 Å². The number of carbonyl (C=O) groups excluding carboxylic acids is 3. The average Bonchev–Trinajstić information content (AvgIpc) is 3.19. The summed E-state index contributed by atoms with van der Waals surface area (Å²) in [7, 11) is 0. The lowest BCUT2D eigenvalue weighted by atomic mass is 10.1. The van der Waals surface area contributed by atoms with Crippen LogP contribution in [0.5, 0.6) is 0 Å². The van der Waals surface area contributed by atoms with Gasteiger partial charge in [-0.25, -0.2) is 0 Å². The largest absolute Gasteiger partial charge is 0.462 e. The Morgan fingerprint density at radius 1 is 0.357 bits per heavy atom. The Morgan fingerprint density at radius 3 is 1.09 bits per heavy atom. The molecule has 0 N–H and O–H groups in total. The van der Waals surface area contributed by atoms with Gasteiger partial charge in [0.1, 0.15) is 13.2 Å². The van der Waals surface area contributed by atoms with E-state index < -0.39 is 6.10 Å². The second kappa shape index (κ2) is 45.3. The van der Waals surface area contributed by atoms with Crippen molar-refractivity contribution in [2.75, 3.05) is 13.2 Å². The third-order valence-corrected chi connectivity index (χ3v) is 10.4. The van der Waals surface area contributed by atoms with E-state index in [0.29, 0.717) is 19.3 Å². The van der Waals surface area contributed by atoms with Gasteiger partial charge in [0.15, 0.2) is 6.10 Å². The van der Waals surface area contributed by atoms with Crippen LogP contribution in [-0.4, -0.2) is 37.2 Å². The monoisotopic (exact) mass is 787 g/mol. The molecule has 0 saturated carbocycles. The fourth-order valence-corrected chi connectivity index (χ4v) is 6.69. The minimum Gasteiger partial charge on any atom is -0.462 e. The molecular weight excluding hydrogens is 697 g/mol. The molecule has 0 spiro atoms. The van der Waals surface area contributed by atoms with Crippen LogP contribution >= 0.6 is 0 Å². The highest BCUT2D eigenvalue weighted by Gasteiger charge is 2.19. The Balaban J connectivity index is 4.33. The number of esters is 3. The lowest BCUT2D eigenvalue weighted by Gasteiger charge is -2.18. The molecule has 1 atom stereocenters. The van der Waals surface area contributed by atoms with Crippen LogP contribution < -0.4 is 0 Å².